The van der Waals surface area contributed by atoms with E-state index in [9.17, 15) is 22.8 Å². The molecular formula is C32H37ClN6O6S. The molecule has 3 aliphatic heterocycles. The van der Waals surface area contributed by atoms with Gasteiger partial charge in [0.15, 0.2) is 5.82 Å². The Morgan fingerprint density at radius 1 is 1.02 bits per heavy atom. The number of nitrogens with one attached hydrogen (secondary N) is 2. The molecule has 3 aromatic rings. The summed E-state index contributed by atoms with van der Waals surface area (Å²) in [7, 11) is -2.41. The fourth-order valence-electron chi connectivity index (χ4n) is 5.69. The second kappa shape index (κ2) is 14.1. The van der Waals surface area contributed by atoms with Gasteiger partial charge in [-0.25, -0.2) is 18.4 Å². The molecule has 0 radical (unpaired) electrons. The number of hydrogen-bond donors (Lipinski definition) is 2. The van der Waals surface area contributed by atoms with E-state index in [1.165, 1.54) is 25.1 Å². The summed E-state index contributed by atoms with van der Waals surface area (Å²) in [5, 5.41) is 3.05. The van der Waals surface area contributed by atoms with Gasteiger partial charge in [0.2, 0.25) is 21.8 Å². The van der Waals surface area contributed by atoms with Crippen molar-refractivity contribution in [3.8, 4) is 17.1 Å². The lowest BCUT2D eigenvalue weighted by Gasteiger charge is -2.29. The zero-order valence-electron chi connectivity index (χ0n) is 26.0. The van der Waals surface area contributed by atoms with Crippen LogP contribution >= 0.6 is 11.6 Å². The second-order valence-electron chi connectivity index (χ2n) is 11.6. The first kappa shape index (κ1) is 33.3. The number of amides is 3. The van der Waals surface area contributed by atoms with Crippen molar-refractivity contribution in [3.05, 3.63) is 64.9 Å². The Morgan fingerprint density at radius 3 is 2.59 bits per heavy atom. The summed E-state index contributed by atoms with van der Waals surface area (Å²) in [5.74, 6) is -0.247. The van der Waals surface area contributed by atoms with Crippen LogP contribution in [0.15, 0.2) is 53.4 Å². The van der Waals surface area contributed by atoms with Gasteiger partial charge in [0.1, 0.15) is 24.1 Å². The minimum Gasteiger partial charge on any atom is -0.489 e. The van der Waals surface area contributed by atoms with Gasteiger partial charge in [0.25, 0.3) is 5.91 Å². The molecule has 12 nitrogen and oxygen atoms in total. The van der Waals surface area contributed by atoms with E-state index in [0.717, 1.165) is 6.42 Å². The van der Waals surface area contributed by atoms with Gasteiger partial charge in [-0.15, -0.1) is 0 Å². The molecule has 46 heavy (non-hydrogen) atoms. The highest BCUT2D eigenvalue weighted by atomic mass is 35.5. The molecule has 0 spiro atoms. The maximum Gasteiger partial charge on any atom is 0.272 e. The van der Waals surface area contributed by atoms with E-state index >= 15 is 0 Å². The molecule has 0 aliphatic carbocycles. The fraction of sp³-hybridized carbons (Fsp3) is 0.406. The Bertz CT molecular complexity index is 1750. The number of halogens is 1. The lowest BCUT2D eigenvalue weighted by Crippen LogP contribution is -2.51. The van der Waals surface area contributed by atoms with Gasteiger partial charge in [-0.3, -0.25) is 14.4 Å². The summed E-state index contributed by atoms with van der Waals surface area (Å²) < 4.78 is 35.6. The maximum atomic E-state index is 14.0. The van der Waals surface area contributed by atoms with Gasteiger partial charge in [-0.05, 0) is 81.5 Å². The largest absolute Gasteiger partial charge is 0.489 e. The van der Waals surface area contributed by atoms with E-state index in [4.69, 9.17) is 16.3 Å². The Balaban J connectivity index is 1.49. The van der Waals surface area contributed by atoms with Crippen LogP contribution in [0.1, 0.15) is 55.2 Å². The summed E-state index contributed by atoms with van der Waals surface area (Å²) in [6.07, 6.45) is 2.61. The van der Waals surface area contributed by atoms with Crippen molar-refractivity contribution in [3.63, 3.8) is 0 Å². The summed E-state index contributed by atoms with van der Waals surface area (Å²) >= 11 is 6.07. The van der Waals surface area contributed by atoms with Crippen molar-refractivity contribution >= 4 is 45.0 Å². The molecule has 0 unspecified atom stereocenters. The van der Waals surface area contributed by atoms with Crippen LogP contribution in [-0.4, -0.2) is 84.7 Å². The topological polar surface area (TPSA) is 151 Å². The number of carbonyl (C=O) groups is 3. The molecule has 1 saturated heterocycles. The normalized spacial score (nSPS) is 19.6. The number of rotatable bonds is 4. The third-order valence-electron chi connectivity index (χ3n) is 8.00. The molecule has 6 rings (SSSR count). The van der Waals surface area contributed by atoms with E-state index in [0.29, 0.717) is 60.9 Å². The number of benzene rings is 2. The number of hydrogen-bond acceptors (Lipinski definition) is 8. The maximum absolute atomic E-state index is 14.0. The van der Waals surface area contributed by atoms with Crippen LogP contribution in [0.5, 0.6) is 5.75 Å². The predicted octanol–water partition coefficient (Wildman–Crippen LogP) is 4.04. The van der Waals surface area contributed by atoms with E-state index < -0.39 is 16.1 Å². The highest BCUT2D eigenvalue weighted by Gasteiger charge is 2.36. The van der Waals surface area contributed by atoms with Gasteiger partial charge in [0.05, 0.1) is 16.6 Å². The molecule has 3 aliphatic rings. The highest BCUT2D eigenvalue weighted by molar-refractivity contribution is 7.89. The minimum absolute atomic E-state index is 0.0385. The summed E-state index contributed by atoms with van der Waals surface area (Å²) in [4.78, 5) is 51.7. The molecule has 2 N–H and O–H groups in total. The quantitative estimate of drug-likeness (QED) is 0.423. The predicted molar refractivity (Wildman–Crippen MR) is 173 cm³/mol. The van der Waals surface area contributed by atoms with Gasteiger partial charge in [-0.2, -0.15) is 4.72 Å². The van der Waals surface area contributed by atoms with Crippen LogP contribution in [0.3, 0.4) is 0 Å². The van der Waals surface area contributed by atoms with E-state index in [2.05, 4.69) is 20.0 Å². The number of nitrogens with zero attached hydrogens (tertiary/aromatic N) is 4. The molecular weight excluding hydrogens is 632 g/mol. The van der Waals surface area contributed by atoms with Crippen molar-refractivity contribution in [1.82, 2.24) is 24.5 Å². The van der Waals surface area contributed by atoms with E-state index in [1.54, 1.807) is 54.1 Å². The first-order valence-corrected chi connectivity index (χ1v) is 17.0. The monoisotopic (exact) mass is 668 g/mol. The molecule has 2 aromatic carbocycles. The number of ether oxygens (including phenoxy) is 1. The van der Waals surface area contributed by atoms with E-state index in [1.807, 2.05) is 0 Å². The highest BCUT2D eigenvalue weighted by Crippen LogP contribution is 2.31. The molecule has 244 valence electrons. The Kier molecular flexibility index (Phi) is 10.2. The van der Waals surface area contributed by atoms with Crippen molar-refractivity contribution in [2.45, 2.75) is 62.9 Å². The Hall–Kier alpha value is -4.07. The second-order valence-corrected chi connectivity index (χ2v) is 13.8. The molecule has 0 saturated carbocycles. The molecule has 4 heterocycles. The van der Waals surface area contributed by atoms with Crippen LogP contribution in [0.25, 0.3) is 11.4 Å². The average Bonchev–Trinajstić information content (AvgIpc) is 3.48. The molecule has 1 fully saturated rings. The van der Waals surface area contributed by atoms with Gasteiger partial charge in [0, 0.05) is 43.3 Å². The molecule has 2 atom stereocenters. The smallest absolute Gasteiger partial charge is 0.272 e. The lowest BCUT2D eigenvalue weighted by atomic mass is 10.1. The summed E-state index contributed by atoms with van der Waals surface area (Å²) in [6, 6.07) is 11.3. The molecule has 4 bridgehead atoms. The van der Waals surface area contributed by atoms with Crippen LogP contribution in [-0.2, 0) is 19.6 Å². The number of fused-ring (bicyclic) bond motifs is 10. The first-order valence-electron chi connectivity index (χ1n) is 15.2. The van der Waals surface area contributed by atoms with Gasteiger partial charge >= 0.3 is 0 Å². The number of sulfonamides is 1. The van der Waals surface area contributed by atoms with Crippen LogP contribution in [0.4, 0.5) is 5.69 Å². The third-order valence-corrected chi connectivity index (χ3v) is 9.70. The van der Waals surface area contributed by atoms with Gasteiger partial charge in [-0.1, -0.05) is 17.7 Å². The molecule has 3 amide bonds. The number of carbonyl (C=O) groups excluding carboxylic acids is 3. The molecule has 1 aromatic heterocycles. The number of aryl methyl sites for hydroxylation is 1. The van der Waals surface area contributed by atoms with Crippen LogP contribution < -0.4 is 14.8 Å². The van der Waals surface area contributed by atoms with Crippen molar-refractivity contribution in [2.75, 3.05) is 32.1 Å². The average molecular weight is 669 g/mol. The zero-order chi connectivity index (χ0) is 33.0. The number of aromatic nitrogens is 2. The Morgan fingerprint density at radius 2 is 1.83 bits per heavy atom. The summed E-state index contributed by atoms with van der Waals surface area (Å²) in [5.41, 5.74) is 1.79. The third kappa shape index (κ3) is 7.83. The lowest BCUT2D eigenvalue weighted by molar-refractivity contribution is -0.134. The van der Waals surface area contributed by atoms with Crippen LogP contribution in [0, 0.1) is 6.92 Å². The van der Waals surface area contributed by atoms with Crippen molar-refractivity contribution < 1.29 is 27.5 Å². The first-order chi connectivity index (χ1) is 21.9. The van der Waals surface area contributed by atoms with Crippen LogP contribution in [0.2, 0.25) is 5.02 Å². The fourth-order valence-corrected chi connectivity index (χ4v) is 7.22. The SMILES string of the molecule is CC(=O)Nc1cc2ccc1OC[C@@H]1CCCN1C(=O)[C@@H](NS(=O)(=O)c1cccc(Cl)c1)CCCCN(C)C(=O)c1cc(C)nc-2n1. The summed E-state index contributed by atoms with van der Waals surface area (Å²) in [6.45, 7) is 4.11. The minimum atomic E-state index is -4.08. The van der Waals surface area contributed by atoms with Gasteiger partial charge < -0.3 is 19.9 Å². The number of anilines is 1. The standard InChI is InChI=1S/C32H37ClN6O6S/c1-20-16-28-31(41)38(3)14-5-4-11-26(37-46(43,44)25-10-6-8-23(33)18-25)32(42)39-15-7-9-24(39)19-45-29-13-12-22(30(34-20)36-28)17-27(29)35-21(2)40/h6,8,10,12-13,16-18,24,26,37H,4-5,7,9,11,14-15,19H2,1-3H3,(H,35,40)/t24-,26-/m0/s1. The molecule has 14 heteroatoms. The van der Waals surface area contributed by atoms with E-state index in [-0.39, 0.29) is 52.4 Å². The zero-order valence-corrected chi connectivity index (χ0v) is 27.5. The van der Waals surface area contributed by atoms with Crippen molar-refractivity contribution in [1.29, 1.82) is 0 Å². The Labute approximate surface area is 273 Å². The van der Waals surface area contributed by atoms with Crippen molar-refractivity contribution in [2.24, 2.45) is 0 Å².